The predicted octanol–water partition coefficient (Wildman–Crippen LogP) is 1.98. The summed E-state index contributed by atoms with van der Waals surface area (Å²) in [5.41, 5.74) is 0.518. The minimum absolute atomic E-state index is 0.0471. The topological polar surface area (TPSA) is 83.6 Å². The molecule has 2 aromatic rings. The van der Waals surface area contributed by atoms with E-state index in [2.05, 4.69) is 4.72 Å². The lowest BCUT2D eigenvalue weighted by molar-refractivity contribution is 0.0657. The zero-order chi connectivity index (χ0) is 16.6. The number of nitrogens with zero attached hydrogens (tertiary/aromatic N) is 1. The van der Waals surface area contributed by atoms with Crippen molar-refractivity contribution < 1.29 is 18.0 Å². The van der Waals surface area contributed by atoms with E-state index in [1.807, 2.05) is 0 Å². The van der Waals surface area contributed by atoms with Gasteiger partial charge in [-0.1, -0.05) is 17.7 Å². The highest BCUT2D eigenvalue weighted by Crippen LogP contribution is 2.25. The second-order valence-corrected chi connectivity index (χ2v) is 8.16. The second-order valence-electron chi connectivity index (χ2n) is 4.78. The summed E-state index contributed by atoms with van der Waals surface area (Å²) in [6.45, 7) is -0.103. The number of rotatable bonds is 5. The van der Waals surface area contributed by atoms with Crippen molar-refractivity contribution in [1.29, 1.82) is 0 Å². The van der Waals surface area contributed by atoms with Crippen molar-refractivity contribution in [3.8, 4) is 0 Å². The van der Waals surface area contributed by atoms with Crippen LogP contribution in [0.3, 0.4) is 0 Å². The number of hydrogen-bond donors (Lipinski definition) is 1. The Bertz CT molecular complexity index is 878. The molecular formula is C14H11ClN2O4S2. The quantitative estimate of drug-likeness (QED) is 0.816. The maximum Gasteiger partial charge on any atom is 0.261 e. The number of halogens is 1. The molecule has 3 rings (SSSR count). The Kier molecular flexibility index (Phi) is 4.24. The first kappa shape index (κ1) is 16.1. The van der Waals surface area contributed by atoms with E-state index in [-0.39, 0.29) is 28.4 Å². The van der Waals surface area contributed by atoms with Gasteiger partial charge in [0, 0.05) is 18.1 Å². The van der Waals surface area contributed by atoms with E-state index >= 15 is 0 Å². The SMILES string of the molecule is O=C1c2ccc(Cl)cc2C(=O)N1CCNS(=O)(=O)c1cccs1. The molecule has 2 amide bonds. The first-order valence-corrected chi connectivity index (χ1v) is 9.33. The molecule has 1 aliphatic heterocycles. The Hall–Kier alpha value is -1.74. The number of sulfonamides is 1. The molecule has 120 valence electrons. The van der Waals surface area contributed by atoms with Gasteiger partial charge in [-0.3, -0.25) is 14.5 Å². The largest absolute Gasteiger partial charge is 0.273 e. The average Bonchev–Trinajstić information content (AvgIpc) is 3.11. The third-order valence-electron chi connectivity index (χ3n) is 3.32. The van der Waals surface area contributed by atoms with Crippen LogP contribution in [0, 0.1) is 0 Å². The molecule has 0 fully saturated rings. The summed E-state index contributed by atoms with van der Waals surface area (Å²) in [7, 11) is -3.62. The molecule has 1 aliphatic rings. The average molecular weight is 371 g/mol. The first-order chi connectivity index (χ1) is 10.9. The first-order valence-electron chi connectivity index (χ1n) is 6.59. The number of carbonyl (C=O) groups is 2. The fourth-order valence-electron chi connectivity index (χ4n) is 2.25. The summed E-state index contributed by atoms with van der Waals surface area (Å²) in [5.74, 6) is -0.917. The second kappa shape index (κ2) is 6.04. The van der Waals surface area contributed by atoms with Gasteiger partial charge in [-0.15, -0.1) is 11.3 Å². The highest BCUT2D eigenvalue weighted by molar-refractivity contribution is 7.91. The lowest BCUT2D eigenvalue weighted by Crippen LogP contribution is -2.37. The summed E-state index contributed by atoms with van der Waals surface area (Å²) in [6, 6.07) is 7.58. The van der Waals surface area contributed by atoms with Crippen LogP contribution in [0.1, 0.15) is 20.7 Å². The normalized spacial score (nSPS) is 14.4. The van der Waals surface area contributed by atoms with Crippen LogP contribution < -0.4 is 4.72 Å². The lowest BCUT2D eigenvalue weighted by atomic mass is 10.1. The van der Waals surface area contributed by atoms with Gasteiger partial charge in [0.15, 0.2) is 0 Å². The smallest absolute Gasteiger partial charge is 0.261 e. The molecule has 0 atom stereocenters. The van der Waals surface area contributed by atoms with Gasteiger partial charge < -0.3 is 0 Å². The summed E-state index contributed by atoms with van der Waals surface area (Å²) in [4.78, 5) is 25.4. The van der Waals surface area contributed by atoms with Crippen LogP contribution in [0.5, 0.6) is 0 Å². The molecule has 6 nitrogen and oxygen atoms in total. The fraction of sp³-hybridized carbons (Fsp3) is 0.143. The number of carbonyl (C=O) groups excluding carboxylic acids is 2. The van der Waals surface area contributed by atoms with Crippen LogP contribution in [-0.4, -0.2) is 38.2 Å². The number of amides is 2. The van der Waals surface area contributed by atoms with E-state index in [9.17, 15) is 18.0 Å². The van der Waals surface area contributed by atoms with Gasteiger partial charge in [-0.25, -0.2) is 13.1 Å². The Morgan fingerprint density at radius 3 is 2.57 bits per heavy atom. The summed E-state index contributed by atoms with van der Waals surface area (Å²) < 4.78 is 26.5. The summed E-state index contributed by atoms with van der Waals surface area (Å²) >= 11 is 6.93. The Balaban J connectivity index is 1.69. The van der Waals surface area contributed by atoms with Crippen molar-refractivity contribution in [1.82, 2.24) is 9.62 Å². The number of thiophene rings is 1. The fourth-order valence-corrected chi connectivity index (χ4v) is 4.48. The van der Waals surface area contributed by atoms with E-state index in [0.29, 0.717) is 5.02 Å². The number of nitrogens with one attached hydrogen (secondary N) is 1. The van der Waals surface area contributed by atoms with Gasteiger partial charge in [0.1, 0.15) is 4.21 Å². The van der Waals surface area contributed by atoms with E-state index in [1.54, 1.807) is 11.4 Å². The van der Waals surface area contributed by atoms with E-state index in [4.69, 9.17) is 11.6 Å². The van der Waals surface area contributed by atoms with Crippen molar-refractivity contribution in [2.24, 2.45) is 0 Å². The van der Waals surface area contributed by atoms with Gasteiger partial charge in [0.2, 0.25) is 10.0 Å². The minimum Gasteiger partial charge on any atom is -0.273 e. The molecule has 1 aromatic heterocycles. The monoisotopic (exact) mass is 370 g/mol. The molecule has 0 saturated heterocycles. The zero-order valence-corrected chi connectivity index (χ0v) is 14.0. The molecule has 0 bridgehead atoms. The molecule has 2 heterocycles. The molecule has 0 spiro atoms. The molecular weight excluding hydrogens is 360 g/mol. The third-order valence-corrected chi connectivity index (χ3v) is 6.41. The standard InChI is InChI=1S/C14H11ClN2O4S2/c15-9-3-4-10-11(8-9)14(19)17(13(10)18)6-5-16-23(20,21)12-2-1-7-22-12/h1-4,7-8,16H,5-6H2. The van der Waals surface area contributed by atoms with Crippen LogP contribution in [0.25, 0.3) is 0 Å². The number of imide groups is 1. The van der Waals surface area contributed by atoms with Crippen molar-refractivity contribution in [2.75, 3.05) is 13.1 Å². The maximum absolute atomic E-state index is 12.2. The van der Waals surface area contributed by atoms with E-state index in [1.165, 1.54) is 24.3 Å². The Morgan fingerprint density at radius 1 is 1.13 bits per heavy atom. The van der Waals surface area contributed by atoms with E-state index < -0.39 is 21.8 Å². The van der Waals surface area contributed by atoms with E-state index in [0.717, 1.165) is 16.2 Å². The van der Waals surface area contributed by atoms with Gasteiger partial charge in [-0.2, -0.15) is 0 Å². The minimum atomic E-state index is -3.62. The highest BCUT2D eigenvalue weighted by Gasteiger charge is 2.35. The molecule has 1 N–H and O–H groups in total. The highest BCUT2D eigenvalue weighted by atomic mass is 35.5. The van der Waals surface area contributed by atoms with Crippen molar-refractivity contribution >= 4 is 44.8 Å². The molecule has 0 unspecified atom stereocenters. The predicted molar refractivity (Wildman–Crippen MR) is 86.3 cm³/mol. The zero-order valence-electron chi connectivity index (χ0n) is 11.7. The van der Waals surface area contributed by atoms with Crippen LogP contribution in [-0.2, 0) is 10.0 Å². The van der Waals surface area contributed by atoms with Crippen LogP contribution in [0.15, 0.2) is 39.9 Å². The summed E-state index contributed by atoms with van der Waals surface area (Å²) in [6.07, 6.45) is 0. The summed E-state index contributed by atoms with van der Waals surface area (Å²) in [5, 5.41) is 2.02. The molecule has 0 radical (unpaired) electrons. The Morgan fingerprint density at radius 2 is 1.87 bits per heavy atom. The van der Waals surface area contributed by atoms with Crippen LogP contribution in [0.2, 0.25) is 5.02 Å². The number of hydrogen-bond acceptors (Lipinski definition) is 5. The Labute approximate surface area is 141 Å². The van der Waals surface area contributed by atoms with Gasteiger partial charge in [0.25, 0.3) is 11.8 Å². The van der Waals surface area contributed by atoms with Crippen LogP contribution in [0.4, 0.5) is 0 Å². The van der Waals surface area contributed by atoms with Crippen LogP contribution >= 0.6 is 22.9 Å². The molecule has 9 heteroatoms. The van der Waals surface area contributed by atoms with Gasteiger partial charge >= 0.3 is 0 Å². The molecule has 1 aromatic carbocycles. The third kappa shape index (κ3) is 3.02. The molecule has 23 heavy (non-hydrogen) atoms. The molecule has 0 saturated carbocycles. The maximum atomic E-state index is 12.2. The van der Waals surface area contributed by atoms with Gasteiger partial charge in [-0.05, 0) is 29.6 Å². The lowest BCUT2D eigenvalue weighted by Gasteiger charge is -2.13. The molecule has 0 aliphatic carbocycles. The number of benzene rings is 1. The van der Waals surface area contributed by atoms with Gasteiger partial charge in [0.05, 0.1) is 11.1 Å². The van der Waals surface area contributed by atoms with Crippen molar-refractivity contribution in [3.05, 3.63) is 51.9 Å². The van der Waals surface area contributed by atoms with Crippen molar-refractivity contribution in [2.45, 2.75) is 4.21 Å². The van der Waals surface area contributed by atoms with Crippen molar-refractivity contribution in [3.63, 3.8) is 0 Å². The number of fused-ring (bicyclic) bond motifs is 1.